The van der Waals surface area contributed by atoms with E-state index in [2.05, 4.69) is 10.0 Å². The summed E-state index contributed by atoms with van der Waals surface area (Å²) in [5, 5.41) is 3.38. The Morgan fingerprint density at radius 3 is 2.48 bits per heavy atom. The van der Waals surface area contributed by atoms with Crippen LogP contribution in [0.25, 0.3) is 0 Å². The van der Waals surface area contributed by atoms with Gasteiger partial charge in [0.2, 0.25) is 10.0 Å². The third-order valence-corrected chi connectivity index (χ3v) is 7.32. The second-order valence-electron chi connectivity index (χ2n) is 4.91. The van der Waals surface area contributed by atoms with Gasteiger partial charge in [-0.25, -0.2) is 13.1 Å². The molecule has 0 radical (unpaired) electrons. The zero-order valence-corrected chi connectivity index (χ0v) is 14.3. The number of halogens is 1. The fourth-order valence-corrected chi connectivity index (χ4v) is 5.29. The fourth-order valence-electron chi connectivity index (χ4n) is 1.81. The molecular formula is C13H15ClN2O2S3. The Labute approximate surface area is 137 Å². The van der Waals surface area contributed by atoms with E-state index in [4.69, 9.17) is 11.6 Å². The lowest BCUT2D eigenvalue weighted by molar-refractivity contribution is 0.584. The highest BCUT2D eigenvalue weighted by Gasteiger charge is 2.21. The van der Waals surface area contributed by atoms with Gasteiger partial charge in [-0.3, -0.25) is 0 Å². The molecule has 0 saturated heterocycles. The molecule has 0 aliphatic heterocycles. The van der Waals surface area contributed by atoms with Gasteiger partial charge in [-0.1, -0.05) is 11.6 Å². The molecule has 2 aromatic heterocycles. The van der Waals surface area contributed by atoms with Gasteiger partial charge < -0.3 is 5.32 Å². The molecule has 4 nitrogen and oxygen atoms in total. The number of hydrogen-bond acceptors (Lipinski definition) is 5. The summed E-state index contributed by atoms with van der Waals surface area (Å²) in [4.78, 5) is 1.94. The average Bonchev–Trinajstić information content (AvgIpc) is 2.97. The first-order chi connectivity index (χ1) is 10.0. The van der Waals surface area contributed by atoms with Crippen LogP contribution < -0.4 is 10.0 Å². The number of nitrogens with one attached hydrogen (secondary N) is 2. The first-order valence-electron chi connectivity index (χ1n) is 6.59. The monoisotopic (exact) mass is 362 g/mol. The smallest absolute Gasteiger partial charge is 0.250 e. The minimum atomic E-state index is -3.45. The molecule has 8 heteroatoms. The van der Waals surface area contributed by atoms with E-state index in [9.17, 15) is 8.42 Å². The molecule has 2 heterocycles. The van der Waals surface area contributed by atoms with Gasteiger partial charge in [-0.15, -0.1) is 22.7 Å². The minimum Gasteiger partial charge on any atom is -0.309 e. The van der Waals surface area contributed by atoms with Crippen LogP contribution in [0.3, 0.4) is 0 Å². The first-order valence-corrected chi connectivity index (χ1v) is 10.1. The average molecular weight is 363 g/mol. The molecule has 114 valence electrons. The molecule has 0 bridgehead atoms. The topological polar surface area (TPSA) is 58.2 Å². The van der Waals surface area contributed by atoms with Crippen LogP contribution in [0, 0.1) is 0 Å². The molecular weight excluding hydrogens is 348 g/mol. The molecule has 2 N–H and O–H groups in total. The van der Waals surface area contributed by atoms with Gasteiger partial charge in [0.05, 0.1) is 4.34 Å². The maximum Gasteiger partial charge on any atom is 0.250 e. The van der Waals surface area contributed by atoms with Crippen LogP contribution in [0.5, 0.6) is 0 Å². The van der Waals surface area contributed by atoms with Crippen LogP contribution in [0.4, 0.5) is 0 Å². The molecule has 1 aliphatic carbocycles. The van der Waals surface area contributed by atoms with Crippen molar-refractivity contribution >= 4 is 44.3 Å². The highest BCUT2D eigenvalue weighted by molar-refractivity contribution is 7.91. The van der Waals surface area contributed by atoms with Gasteiger partial charge in [-0.2, -0.15) is 0 Å². The summed E-state index contributed by atoms with van der Waals surface area (Å²) in [5.74, 6) is 0. The number of thiophene rings is 2. The molecule has 2 aromatic rings. The minimum absolute atomic E-state index is 0.271. The van der Waals surface area contributed by atoms with Crippen LogP contribution in [-0.4, -0.2) is 14.5 Å². The molecule has 1 saturated carbocycles. The molecule has 21 heavy (non-hydrogen) atoms. The van der Waals surface area contributed by atoms with E-state index >= 15 is 0 Å². The van der Waals surface area contributed by atoms with E-state index < -0.39 is 10.0 Å². The molecule has 1 fully saturated rings. The largest absolute Gasteiger partial charge is 0.309 e. The lowest BCUT2D eigenvalue weighted by Crippen LogP contribution is -2.21. The maximum atomic E-state index is 12.2. The highest BCUT2D eigenvalue weighted by Crippen LogP contribution is 2.25. The summed E-state index contributed by atoms with van der Waals surface area (Å²) in [6, 6.07) is 7.75. The van der Waals surface area contributed by atoms with E-state index in [0.717, 1.165) is 16.3 Å². The molecule has 0 aromatic carbocycles. The first kappa shape index (κ1) is 15.5. The predicted octanol–water partition coefficient (Wildman–Crippen LogP) is 3.19. The maximum absolute atomic E-state index is 12.2. The SMILES string of the molecule is O=S(=O)(NCc1ccc(Cl)s1)c1ccc(CNC2CC2)s1. The second-order valence-corrected chi connectivity index (χ2v) is 9.87. The molecule has 0 amide bonds. The van der Waals surface area contributed by atoms with E-state index in [0.29, 0.717) is 14.6 Å². The van der Waals surface area contributed by atoms with E-state index in [1.807, 2.05) is 12.1 Å². The van der Waals surface area contributed by atoms with Crippen molar-refractivity contribution in [1.82, 2.24) is 10.0 Å². The predicted molar refractivity (Wildman–Crippen MR) is 87.5 cm³/mol. The Morgan fingerprint density at radius 2 is 1.81 bits per heavy atom. The van der Waals surface area contributed by atoms with Crippen molar-refractivity contribution in [2.24, 2.45) is 0 Å². The normalized spacial score (nSPS) is 15.5. The lowest BCUT2D eigenvalue weighted by Gasteiger charge is -2.03. The van der Waals surface area contributed by atoms with Crippen LogP contribution in [0.1, 0.15) is 22.6 Å². The molecule has 0 unspecified atom stereocenters. The summed E-state index contributed by atoms with van der Waals surface area (Å²) in [6.07, 6.45) is 2.45. The van der Waals surface area contributed by atoms with Crippen molar-refractivity contribution in [2.75, 3.05) is 0 Å². The van der Waals surface area contributed by atoms with E-state index in [1.54, 1.807) is 12.1 Å². The fraction of sp³-hybridized carbons (Fsp3) is 0.385. The Kier molecular flexibility index (Phi) is 4.68. The van der Waals surface area contributed by atoms with Crippen molar-refractivity contribution in [1.29, 1.82) is 0 Å². The standard InChI is InChI=1S/C13H15ClN2O2S3/c14-12-5-3-11(19-12)8-16-21(17,18)13-6-4-10(20-13)7-15-9-1-2-9/h3-6,9,15-16H,1-2,7-8H2. The zero-order valence-electron chi connectivity index (χ0n) is 11.1. The molecule has 0 spiro atoms. The van der Waals surface area contributed by atoms with Gasteiger partial charge in [-0.05, 0) is 37.1 Å². The number of sulfonamides is 1. The molecule has 0 atom stereocenters. The molecule has 3 rings (SSSR count). The van der Waals surface area contributed by atoms with E-state index in [-0.39, 0.29) is 6.54 Å². The Bertz CT molecular complexity index is 719. The third-order valence-electron chi connectivity index (χ3n) is 3.11. The van der Waals surface area contributed by atoms with Crippen LogP contribution in [-0.2, 0) is 23.1 Å². The van der Waals surface area contributed by atoms with Gasteiger partial charge in [0, 0.05) is 28.9 Å². The summed E-state index contributed by atoms with van der Waals surface area (Å²) in [5.41, 5.74) is 0. The van der Waals surface area contributed by atoms with Crippen LogP contribution >= 0.6 is 34.3 Å². The van der Waals surface area contributed by atoms with Crippen molar-refractivity contribution < 1.29 is 8.42 Å². The van der Waals surface area contributed by atoms with Crippen molar-refractivity contribution in [3.8, 4) is 0 Å². The van der Waals surface area contributed by atoms with Gasteiger partial charge in [0.1, 0.15) is 4.21 Å². The van der Waals surface area contributed by atoms with Gasteiger partial charge in [0.25, 0.3) is 0 Å². The number of rotatable bonds is 7. The van der Waals surface area contributed by atoms with Gasteiger partial charge >= 0.3 is 0 Å². The lowest BCUT2D eigenvalue weighted by atomic mass is 10.4. The van der Waals surface area contributed by atoms with Crippen molar-refractivity contribution in [2.45, 2.75) is 36.2 Å². The van der Waals surface area contributed by atoms with Crippen molar-refractivity contribution in [3.63, 3.8) is 0 Å². The highest BCUT2D eigenvalue weighted by atomic mass is 35.5. The van der Waals surface area contributed by atoms with Crippen molar-refractivity contribution in [3.05, 3.63) is 38.4 Å². The quantitative estimate of drug-likeness (QED) is 0.795. The summed E-state index contributed by atoms with van der Waals surface area (Å²) in [7, 11) is -3.45. The summed E-state index contributed by atoms with van der Waals surface area (Å²) in [6.45, 7) is 1.01. The third kappa shape index (κ3) is 4.28. The van der Waals surface area contributed by atoms with Gasteiger partial charge in [0.15, 0.2) is 0 Å². The molecule has 1 aliphatic rings. The Balaban J connectivity index is 1.60. The van der Waals surface area contributed by atoms with Crippen LogP contribution in [0.15, 0.2) is 28.5 Å². The second kappa shape index (κ2) is 6.36. The number of hydrogen-bond donors (Lipinski definition) is 2. The Morgan fingerprint density at radius 1 is 1.10 bits per heavy atom. The van der Waals surface area contributed by atoms with E-state index in [1.165, 1.54) is 35.5 Å². The summed E-state index contributed by atoms with van der Waals surface area (Å²) >= 11 is 8.53. The Hall–Kier alpha value is -0.440. The summed E-state index contributed by atoms with van der Waals surface area (Å²) < 4.78 is 28.1. The van der Waals surface area contributed by atoms with Crippen LogP contribution in [0.2, 0.25) is 4.34 Å². The zero-order chi connectivity index (χ0) is 14.9.